The van der Waals surface area contributed by atoms with Gasteiger partial charge in [0.1, 0.15) is 5.60 Å². The SMILES string of the molecule is CN(CC(O)COCc1ccc2c(c1)OCO2)C(=O)OC(C)(C)C. The second kappa shape index (κ2) is 7.72. The Balaban J connectivity index is 1.71. The van der Waals surface area contributed by atoms with Crippen molar-refractivity contribution >= 4 is 6.09 Å². The molecule has 1 aromatic rings. The maximum absolute atomic E-state index is 11.8. The molecule has 1 heterocycles. The Morgan fingerprint density at radius 2 is 2.04 bits per heavy atom. The maximum atomic E-state index is 11.8. The zero-order valence-corrected chi connectivity index (χ0v) is 14.6. The van der Waals surface area contributed by atoms with Crippen molar-refractivity contribution < 1.29 is 28.8 Å². The fourth-order valence-electron chi connectivity index (χ4n) is 2.13. The van der Waals surface area contributed by atoms with Crippen LogP contribution >= 0.6 is 0 Å². The number of benzene rings is 1. The van der Waals surface area contributed by atoms with Gasteiger partial charge in [0.2, 0.25) is 6.79 Å². The minimum Gasteiger partial charge on any atom is -0.454 e. The minimum atomic E-state index is -0.795. The Kier molecular flexibility index (Phi) is 5.90. The van der Waals surface area contributed by atoms with Gasteiger partial charge in [0.05, 0.1) is 25.9 Å². The van der Waals surface area contributed by atoms with Crippen LogP contribution in [0.2, 0.25) is 0 Å². The van der Waals surface area contributed by atoms with Gasteiger partial charge < -0.3 is 29.0 Å². The molecule has 7 heteroatoms. The molecule has 2 rings (SSSR count). The number of nitrogens with zero attached hydrogens (tertiary/aromatic N) is 1. The van der Waals surface area contributed by atoms with Crippen LogP contribution in [0.3, 0.4) is 0 Å². The molecule has 7 nitrogen and oxygen atoms in total. The normalized spacial score (nSPS) is 14.4. The minimum absolute atomic E-state index is 0.113. The van der Waals surface area contributed by atoms with Gasteiger partial charge in [-0.15, -0.1) is 0 Å². The molecule has 134 valence electrons. The van der Waals surface area contributed by atoms with Crippen molar-refractivity contribution in [3.63, 3.8) is 0 Å². The molecule has 0 bridgehead atoms. The molecule has 0 spiro atoms. The lowest BCUT2D eigenvalue weighted by Crippen LogP contribution is -2.39. The van der Waals surface area contributed by atoms with Crippen LogP contribution in [0, 0.1) is 0 Å². The number of carbonyl (C=O) groups excluding carboxylic acids is 1. The summed E-state index contributed by atoms with van der Waals surface area (Å²) in [7, 11) is 1.58. The van der Waals surface area contributed by atoms with Crippen LogP contribution in [0.25, 0.3) is 0 Å². The number of hydrogen-bond donors (Lipinski definition) is 1. The fourth-order valence-corrected chi connectivity index (χ4v) is 2.13. The Morgan fingerprint density at radius 1 is 1.33 bits per heavy atom. The number of rotatable bonds is 6. The molecule has 0 fully saturated rings. The highest BCUT2D eigenvalue weighted by atomic mass is 16.7. The van der Waals surface area contributed by atoms with Crippen LogP contribution in [0.15, 0.2) is 18.2 Å². The summed E-state index contributed by atoms with van der Waals surface area (Å²) in [6, 6.07) is 5.56. The zero-order valence-electron chi connectivity index (χ0n) is 14.6. The average Bonchev–Trinajstić information content (AvgIpc) is 2.92. The monoisotopic (exact) mass is 339 g/mol. The van der Waals surface area contributed by atoms with Crippen molar-refractivity contribution in [1.29, 1.82) is 0 Å². The van der Waals surface area contributed by atoms with Crippen LogP contribution in [0.5, 0.6) is 11.5 Å². The third-order valence-electron chi connectivity index (χ3n) is 3.21. The van der Waals surface area contributed by atoms with Gasteiger partial charge >= 0.3 is 6.09 Å². The molecule has 0 radical (unpaired) electrons. The van der Waals surface area contributed by atoms with Crippen molar-refractivity contribution in [3.8, 4) is 11.5 Å². The lowest BCUT2D eigenvalue weighted by Gasteiger charge is -2.26. The van der Waals surface area contributed by atoms with E-state index < -0.39 is 17.8 Å². The number of fused-ring (bicyclic) bond motifs is 1. The summed E-state index contributed by atoms with van der Waals surface area (Å²) < 4.78 is 21.3. The molecule has 0 saturated heterocycles. The molecular formula is C17H25NO6. The first kappa shape index (κ1) is 18.4. The standard InChI is InChI=1S/C17H25NO6/c1-17(2,3)24-16(20)18(4)8-13(19)10-21-9-12-5-6-14-15(7-12)23-11-22-14/h5-7,13,19H,8-11H2,1-4H3. The third kappa shape index (κ3) is 5.58. The number of hydrogen-bond acceptors (Lipinski definition) is 6. The Labute approximate surface area is 142 Å². The van der Waals surface area contributed by atoms with Gasteiger partial charge in [-0.3, -0.25) is 0 Å². The molecule has 1 aliphatic rings. The van der Waals surface area contributed by atoms with E-state index in [1.165, 1.54) is 4.90 Å². The summed E-state index contributed by atoms with van der Waals surface area (Å²) in [5.74, 6) is 1.42. The fraction of sp³-hybridized carbons (Fsp3) is 0.588. The van der Waals surface area contributed by atoms with E-state index in [0.29, 0.717) is 12.4 Å². The van der Waals surface area contributed by atoms with Crippen LogP contribution in [-0.2, 0) is 16.1 Å². The molecule has 1 unspecified atom stereocenters. The quantitative estimate of drug-likeness (QED) is 0.856. The van der Waals surface area contributed by atoms with Crippen molar-refractivity contribution in [1.82, 2.24) is 4.90 Å². The summed E-state index contributed by atoms with van der Waals surface area (Å²) in [6.45, 7) is 6.20. The van der Waals surface area contributed by atoms with Crippen LogP contribution < -0.4 is 9.47 Å². The maximum Gasteiger partial charge on any atom is 0.410 e. The molecular weight excluding hydrogens is 314 g/mol. The molecule has 0 saturated carbocycles. The second-order valence-corrected chi connectivity index (χ2v) is 6.72. The number of ether oxygens (including phenoxy) is 4. The molecule has 1 N–H and O–H groups in total. The molecule has 1 amide bonds. The third-order valence-corrected chi connectivity index (χ3v) is 3.21. The molecule has 24 heavy (non-hydrogen) atoms. The van der Waals surface area contributed by atoms with Crippen molar-refractivity contribution in [3.05, 3.63) is 23.8 Å². The van der Waals surface area contributed by atoms with Gasteiger partial charge in [0.15, 0.2) is 11.5 Å². The van der Waals surface area contributed by atoms with Gasteiger partial charge in [0, 0.05) is 7.05 Å². The summed E-state index contributed by atoms with van der Waals surface area (Å²) in [5.41, 5.74) is 0.360. The molecule has 1 aromatic carbocycles. The average molecular weight is 339 g/mol. The summed E-state index contributed by atoms with van der Waals surface area (Å²) in [6.07, 6.45) is -1.27. The van der Waals surface area contributed by atoms with Gasteiger partial charge in [-0.1, -0.05) is 6.07 Å². The van der Waals surface area contributed by atoms with Gasteiger partial charge in [-0.2, -0.15) is 0 Å². The molecule has 0 aromatic heterocycles. The van der Waals surface area contributed by atoms with Crippen molar-refractivity contribution in [2.45, 2.75) is 39.1 Å². The van der Waals surface area contributed by atoms with E-state index in [1.54, 1.807) is 27.8 Å². The lowest BCUT2D eigenvalue weighted by atomic mass is 10.2. The summed E-state index contributed by atoms with van der Waals surface area (Å²) in [4.78, 5) is 13.2. The second-order valence-electron chi connectivity index (χ2n) is 6.72. The molecule has 1 atom stereocenters. The smallest absolute Gasteiger partial charge is 0.410 e. The Morgan fingerprint density at radius 3 is 2.75 bits per heavy atom. The number of aliphatic hydroxyl groups is 1. The van der Waals surface area contributed by atoms with Crippen LogP contribution in [-0.4, -0.2) is 54.8 Å². The van der Waals surface area contributed by atoms with Crippen molar-refractivity contribution in [2.24, 2.45) is 0 Å². The van der Waals surface area contributed by atoms with Crippen LogP contribution in [0.1, 0.15) is 26.3 Å². The summed E-state index contributed by atoms with van der Waals surface area (Å²) in [5, 5.41) is 9.98. The zero-order chi connectivity index (χ0) is 17.7. The first-order chi connectivity index (χ1) is 11.2. The van der Waals surface area contributed by atoms with Gasteiger partial charge in [0.25, 0.3) is 0 Å². The first-order valence-electron chi connectivity index (χ1n) is 7.83. The van der Waals surface area contributed by atoms with E-state index in [-0.39, 0.29) is 19.9 Å². The summed E-state index contributed by atoms with van der Waals surface area (Å²) >= 11 is 0. The highest BCUT2D eigenvalue weighted by Crippen LogP contribution is 2.32. The number of carbonyl (C=O) groups is 1. The van der Waals surface area contributed by atoms with Gasteiger partial charge in [-0.05, 0) is 38.5 Å². The van der Waals surface area contributed by atoms with E-state index in [9.17, 15) is 9.90 Å². The highest BCUT2D eigenvalue weighted by Gasteiger charge is 2.21. The predicted molar refractivity (Wildman–Crippen MR) is 87.1 cm³/mol. The van der Waals surface area contributed by atoms with E-state index in [2.05, 4.69) is 0 Å². The predicted octanol–water partition coefficient (Wildman–Crippen LogP) is 2.16. The molecule has 1 aliphatic heterocycles. The van der Waals surface area contributed by atoms with E-state index >= 15 is 0 Å². The van der Waals surface area contributed by atoms with Crippen LogP contribution in [0.4, 0.5) is 4.79 Å². The van der Waals surface area contributed by atoms with Crippen molar-refractivity contribution in [2.75, 3.05) is 27.0 Å². The lowest BCUT2D eigenvalue weighted by molar-refractivity contribution is -0.00293. The number of likely N-dealkylation sites (N-methyl/N-ethyl adjacent to an activating group) is 1. The van der Waals surface area contributed by atoms with Gasteiger partial charge in [-0.25, -0.2) is 4.79 Å². The topological polar surface area (TPSA) is 77.5 Å². The molecule has 0 aliphatic carbocycles. The Hall–Kier alpha value is -1.99. The Bertz CT molecular complexity index is 569. The number of aliphatic hydroxyl groups excluding tert-OH is 1. The van der Waals surface area contributed by atoms with E-state index in [0.717, 1.165) is 11.3 Å². The first-order valence-corrected chi connectivity index (χ1v) is 7.83. The largest absolute Gasteiger partial charge is 0.454 e. The highest BCUT2D eigenvalue weighted by molar-refractivity contribution is 5.67. The van der Waals surface area contributed by atoms with E-state index in [1.807, 2.05) is 18.2 Å². The number of amides is 1. The van der Waals surface area contributed by atoms with E-state index in [4.69, 9.17) is 18.9 Å².